The van der Waals surface area contributed by atoms with Gasteiger partial charge in [-0.05, 0) is 43.7 Å². The molecule has 25 heavy (non-hydrogen) atoms. The van der Waals surface area contributed by atoms with Gasteiger partial charge >= 0.3 is 5.69 Å². The van der Waals surface area contributed by atoms with Crippen LogP contribution in [0.25, 0.3) is 10.9 Å². The second-order valence-electron chi connectivity index (χ2n) is 7.20. The number of benzene rings is 1. The van der Waals surface area contributed by atoms with Gasteiger partial charge in [-0.2, -0.15) is 0 Å². The van der Waals surface area contributed by atoms with Crippen LogP contribution in [0.1, 0.15) is 38.5 Å². The van der Waals surface area contributed by atoms with E-state index in [1.165, 1.54) is 30.3 Å². The molecule has 4 rings (SSSR count). The Hall–Kier alpha value is -2.37. The van der Waals surface area contributed by atoms with E-state index in [-0.39, 0.29) is 12.5 Å². The van der Waals surface area contributed by atoms with Crippen molar-refractivity contribution in [1.29, 1.82) is 0 Å². The highest BCUT2D eigenvalue weighted by Gasteiger charge is 2.35. The van der Waals surface area contributed by atoms with E-state index >= 15 is 0 Å². The van der Waals surface area contributed by atoms with Crippen molar-refractivity contribution >= 4 is 16.8 Å². The maximum Gasteiger partial charge on any atom is 0.329 e. The van der Waals surface area contributed by atoms with Crippen LogP contribution in [0, 0.1) is 5.92 Å². The standard InChI is InChI=1S/C19H23N3O3/c23-17(21-11-5-10-15(21)13-6-1-2-7-13)12-22-16-9-4-3-8-14(16)18(24)20-19(22)25/h3-4,8-9,13,15H,1-2,5-7,10-12H2,(H,20,24,25)/t15-/m0/s1. The van der Waals surface area contributed by atoms with Crippen LogP contribution >= 0.6 is 0 Å². The van der Waals surface area contributed by atoms with E-state index < -0.39 is 11.2 Å². The summed E-state index contributed by atoms with van der Waals surface area (Å²) < 4.78 is 1.39. The Labute approximate surface area is 145 Å². The zero-order chi connectivity index (χ0) is 17.4. The molecule has 132 valence electrons. The topological polar surface area (TPSA) is 75.2 Å². The minimum atomic E-state index is -0.520. The summed E-state index contributed by atoms with van der Waals surface area (Å²) in [4.78, 5) is 41.5. The van der Waals surface area contributed by atoms with E-state index in [0.717, 1.165) is 19.4 Å². The van der Waals surface area contributed by atoms with Gasteiger partial charge < -0.3 is 4.90 Å². The lowest BCUT2D eigenvalue weighted by molar-refractivity contribution is -0.133. The fourth-order valence-corrected chi connectivity index (χ4v) is 4.56. The molecule has 1 aromatic heterocycles. The molecule has 2 aromatic rings. The van der Waals surface area contributed by atoms with Crippen LogP contribution in [0.3, 0.4) is 0 Å². The van der Waals surface area contributed by atoms with Crippen LogP contribution in [-0.2, 0) is 11.3 Å². The van der Waals surface area contributed by atoms with Crippen molar-refractivity contribution in [1.82, 2.24) is 14.5 Å². The van der Waals surface area contributed by atoms with Crippen LogP contribution in [0.4, 0.5) is 0 Å². The Morgan fingerprint density at radius 3 is 2.64 bits per heavy atom. The summed E-state index contributed by atoms with van der Waals surface area (Å²) in [6.07, 6.45) is 7.03. The molecular weight excluding hydrogens is 318 g/mol. The molecule has 1 saturated carbocycles. The van der Waals surface area contributed by atoms with E-state index in [1.807, 2.05) is 4.90 Å². The molecule has 0 spiro atoms. The minimum Gasteiger partial charge on any atom is -0.338 e. The number of aromatic nitrogens is 2. The summed E-state index contributed by atoms with van der Waals surface area (Å²) in [5, 5.41) is 0.434. The number of carbonyl (C=O) groups is 1. The number of nitrogens with zero attached hydrogens (tertiary/aromatic N) is 2. The largest absolute Gasteiger partial charge is 0.338 e. The Bertz CT molecular complexity index is 908. The number of carbonyl (C=O) groups excluding carboxylic acids is 1. The molecule has 2 heterocycles. The van der Waals surface area contributed by atoms with Crippen LogP contribution in [0.5, 0.6) is 0 Å². The van der Waals surface area contributed by atoms with Gasteiger partial charge in [0.1, 0.15) is 6.54 Å². The highest BCUT2D eigenvalue weighted by molar-refractivity contribution is 5.81. The maximum atomic E-state index is 12.9. The predicted octanol–water partition coefficient (Wildman–Crippen LogP) is 1.87. The summed E-state index contributed by atoms with van der Waals surface area (Å²) in [5.41, 5.74) is -0.413. The Morgan fingerprint density at radius 2 is 1.84 bits per heavy atom. The van der Waals surface area contributed by atoms with Gasteiger partial charge in [0.05, 0.1) is 10.9 Å². The molecule has 0 bridgehead atoms. The van der Waals surface area contributed by atoms with Crippen molar-refractivity contribution in [3.8, 4) is 0 Å². The number of hydrogen-bond donors (Lipinski definition) is 1. The van der Waals surface area contributed by atoms with Crippen molar-refractivity contribution in [2.75, 3.05) is 6.54 Å². The van der Waals surface area contributed by atoms with E-state index in [4.69, 9.17) is 0 Å². The number of aromatic amines is 1. The monoisotopic (exact) mass is 341 g/mol. The van der Waals surface area contributed by atoms with Gasteiger partial charge in [-0.3, -0.25) is 19.1 Å². The van der Waals surface area contributed by atoms with Crippen molar-refractivity contribution in [3.05, 3.63) is 45.1 Å². The molecule has 0 unspecified atom stereocenters. The summed E-state index contributed by atoms with van der Waals surface area (Å²) in [5.74, 6) is 0.587. The summed E-state index contributed by atoms with van der Waals surface area (Å²) in [7, 11) is 0. The van der Waals surface area contributed by atoms with Crippen LogP contribution in [0.15, 0.2) is 33.9 Å². The van der Waals surface area contributed by atoms with E-state index in [0.29, 0.717) is 22.9 Å². The van der Waals surface area contributed by atoms with Gasteiger partial charge in [0.2, 0.25) is 5.91 Å². The number of fused-ring (bicyclic) bond motifs is 1. The number of rotatable bonds is 3. The first-order valence-electron chi connectivity index (χ1n) is 9.16. The van der Waals surface area contributed by atoms with Crippen molar-refractivity contribution < 1.29 is 4.79 Å². The number of hydrogen-bond acceptors (Lipinski definition) is 3. The number of likely N-dealkylation sites (tertiary alicyclic amines) is 1. The van der Waals surface area contributed by atoms with Gasteiger partial charge in [0, 0.05) is 12.6 Å². The molecule has 1 amide bonds. The lowest BCUT2D eigenvalue weighted by Gasteiger charge is -2.29. The third-order valence-electron chi connectivity index (χ3n) is 5.76. The van der Waals surface area contributed by atoms with Gasteiger partial charge in [0.15, 0.2) is 0 Å². The number of para-hydroxylation sites is 1. The summed E-state index contributed by atoms with van der Waals surface area (Å²) in [6, 6.07) is 7.24. The summed E-state index contributed by atoms with van der Waals surface area (Å²) >= 11 is 0. The first-order chi connectivity index (χ1) is 12.1. The van der Waals surface area contributed by atoms with E-state index in [1.54, 1.807) is 24.3 Å². The van der Waals surface area contributed by atoms with Gasteiger partial charge in [0.25, 0.3) is 5.56 Å². The molecule has 6 heteroatoms. The Morgan fingerprint density at radius 1 is 1.08 bits per heavy atom. The molecular formula is C19H23N3O3. The van der Waals surface area contributed by atoms with Crippen molar-refractivity contribution in [2.45, 2.75) is 51.1 Å². The molecule has 1 atom stereocenters. The lowest BCUT2D eigenvalue weighted by Crippen LogP contribution is -2.43. The molecule has 1 aliphatic heterocycles. The minimum absolute atomic E-state index is 0.0145. The third-order valence-corrected chi connectivity index (χ3v) is 5.76. The van der Waals surface area contributed by atoms with Gasteiger partial charge in [-0.15, -0.1) is 0 Å². The van der Waals surface area contributed by atoms with Crippen molar-refractivity contribution in [2.24, 2.45) is 5.92 Å². The van der Waals surface area contributed by atoms with Crippen LogP contribution in [0.2, 0.25) is 0 Å². The third kappa shape index (κ3) is 2.90. The summed E-state index contributed by atoms with van der Waals surface area (Å²) in [6.45, 7) is 0.759. The van der Waals surface area contributed by atoms with Crippen LogP contribution in [-0.4, -0.2) is 32.9 Å². The average Bonchev–Trinajstić information content (AvgIpc) is 3.29. The Balaban J connectivity index is 1.64. The molecule has 1 aromatic carbocycles. The molecule has 2 fully saturated rings. The molecule has 6 nitrogen and oxygen atoms in total. The second kappa shape index (κ2) is 6.50. The van der Waals surface area contributed by atoms with Gasteiger partial charge in [-0.1, -0.05) is 25.0 Å². The van der Waals surface area contributed by atoms with Gasteiger partial charge in [-0.25, -0.2) is 4.79 Å². The molecule has 2 aliphatic rings. The fraction of sp³-hybridized carbons (Fsp3) is 0.526. The predicted molar refractivity (Wildman–Crippen MR) is 95.5 cm³/mol. The number of nitrogens with one attached hydrogen (secondary N) is 1. The van der Waals surface area contributed by atoms with Crippen LogP contribution < -0.4 is 11.2 Å². The first-order valence-corrected chi connectivity index (χ1v) is 9.16. The molecule has 1 aliphatic carbocycles. The molecule has 1 N–H and O–H groups in total. The zero-order valence-corrected chi connectivity index (χ0v) is 14.2. The molecule has 1 saturated heterocycles. The quantitative estimate of drug-likeness (QED) is 0.926. The Kier molecular flexibility index (Phi) is 4.19. The highest BCUT2D eigenvalue weighted by atomic mass is 16.2. The zero-order valence-electron chi connectivity index (χ0n) is 14.2. The number of amides is 1. The van der Waals surface area contributed by atoms with Crippen molar-refractivity contribution in [3.63, 3.8) is 0 Å². The SMILES string of the molecule is O=C(Cn1c(=O)[nH]c(=O)c2ccccc21)N1CCC[C@H]1C1CCCC1. The normalized spacial score (nSPS) is 21.3. The lowest BCUT2D eigenvalue weighted by atomic mass is 9.96. The number of H-pyrrole nitrogens is 1. The average molecular weight is 341 g/mol. The maximum absolute atomic E-state index is 12.9. The highest BCUT2D eigenvalue weighted by Crippen LogP contribution is 2.35. The second-order valence-corrected chi connectivity index (χ2v) is 7.20. The fourth-order valence-electron chi connectivity index (χ4n) is 4.56. The molecule has 0 radical (unpaired) electrons. The van der Waals surface area contributed by atoms with E-state index in [9.17, 15) is 14.4 Å². The smallest absolute Gasteiger partial charge is 0.329 e. The van der Waals surface area contributed by atoms with E-state index in [2.05, 4.69) is 4.98 Å². The first kappa shape index (κ1) is 16.1.